The van der Waals surface area contributed by atoms with E-state index in [-0.39, 0.29) is 17.9 Å². The fourth-order valence-electron chi connectivity index (χ4n) is 3.11. The summed E-state index contributed by atoms with van der Waals surface area (Å²) >= 11 is 0. The lowest BCUT2D eigenvalue weighted by Crippen LogP contribution is -2.33. The predicted molar refractivity (Wildman–Crippen MR) is 87.4 cm³/mol. The molecule has 0 radical (unpaired) electrons. The Kier molecular flexibility index (Phi) is 3.80. The molecule has 0 N–H and O–H groups in total. The number of furan rings is 1. The van der Waals surface area contributed by atoms with Crippen LogP contribution in [-0.2, 0) is 11.3 Å². The van der Waals surface area contributed by atoms with Crippen LogP contribution in [0.3, 0.4) is 0 Å². The van der Waals surface area contributed by atoms with Gasteiger partial charge in [-0.1, -0.05) is 0 Å². The molecule has 1 saturated carbocycles. The topological polar surface area (TPSA) is 66.7 Å². The molecule has 6 nitrogen and oxygen atoms in total. The fourth-order valence-corrected chi connectivity index (χ4v) is 3.11. The highest BCUT2D eigenvalue weighted by Gasteiger charge is 2.33. The number of aromatic nitrogens is 1. The van der Waals surface area contributed by atoms with Crippen LogP contribution in [-0.4, -0.2) is 34.3 Å². The molecule has 2 aromatic heterocycles. The molecular weight excluding hydrogens is 306 g/mol. The molecule has 0 aromatic carbocycles. The first-order valence-electron chi connectivity index (χ1n) is 8.30. The minimum Gasteiger partial charge on any atom is -0.472 e. The van der Waals surface area contributed by atoms with Crippen molar-refractivity contribution in [2.24, 2.45) is 0 Å². The Labute approximate surface area is 140 Å². The van der Waals surface area contributed by atoms with Crippen molar-refractivity contribution in [3.63, 3.8) is 0 Å². The standard InChI is InChI=1S/C18H19N3O3/c22-17-2-1-6-20(17)16-8-14(9-19-10-16)18(23)21(15-3-4-15)11-13-5-7-24-12-13/h5,7-10,12,15H,1-4,6,11H2. The first-order valence-corrected chi connectivity index (χ1v) is 8.30. The summed E-state index contributed by atoms with van der Waals surface area (Å²) in [7, 11) is 0. The Morgan fingerprint density at radius 1 is 1.38 bits per heavy atom. The number of carbonyl (C=O) groups is 2. The van der Waals surface area contributed by atoms with Crippen LogP contribution < -0.4 is 4.90 Å². The van der Waals surface area contributed by atoms with E-state index in [2.05, 4.69) is 4.98 Å². The summed E-state index contributed by atoms with van der Waals surface area (Å²) in [4.78, 5) is 32.6. The summed E-state index contributed by atoms with van der Waals surface area (Å²) < 4.78 is 5.10. The van der Waals surface area contributed by atoms with E-state index in [1.54, 1.807) is 35.9 Å². The highest BCUT2D eigenvalue weighted by molar-refractivity contribution is 5.98. The zero-order chi connectivity index (χ0) is 16.5. The van der Waals surface area contributed by atoms with Gasteiger partial charge >= 0.3 is 0 Å². The second-order valence-electron chi connectivity index (χ2n) is 6.38. The fraction of sp³-hybridized carbons (Fsp3) is 0.389. The van der Waals surface area contributed by atoms with Crippen molar-refractivity contribution in [3.8, 4) is 0 Å². The van der Waals surface area contributed by atoms with Crippen LogP contribution >= 0.6 is 0 Å². The molecule has 2 aliphatic rings. The van der Waals surface area contributed by atoms with Crippen molar-refractivity contribution in [1.82, 2.24) is 9.88 Å². The number of nitrogens with zero attached hydrogens (tertiary/aromatic N) is 3. The Bertz CT molecular complexity index is 753. The molecule has 1 aliphatic heterocycles. The molecule has 24 heavy (non-hydrogen) atoms. The number of anilines is 1. The van der Waals surface area contributed by atoms with Crippen molar-refractivity contribution in [2.45, 2.75) is 38.3 Å². The molecule has 6 heteroatoms. The normalized spacial score (nSPS) is 17.3. The number of amides is 2. The molecule has 2 fully saturated rings. The number of carbonyl (C=O) groups excluding carboxylic acids is 2. The predicted octanol–water partition coefficient (Wildman–Crippen LogP) is 2.61. The summed E-state index contributed by atoms with van der Waals surface area (Å²) in [6, 6.07) is 3.94. The van der Waals surface area contributed by atoms with Crippen molar-refractivity contribution >= 4 is 17.5 Å². The van der Waals surface area contributed by atoms with E-state index in [0.29, 0.717) is 30.8 Å². The average molecular weight is 325 g/mol. The summed E-state index contributed by atoms with van der Waals surface area (Å²) in [6.07, 6.45) is 9.99. The molecule has 4 rings (SSSR count). The molecule has 0 atom stereocenters. The van der Waals surface area contributed by atoms with Gasteiger partial charge in [0.25, 0.3) is 5.91 Å². The largest absolute Gasteiger partial charge is 0.472 e. The second-order valence-corrected chi connectivity index (χ2v) is 6.38. The van der Waals surface area contributed by atoms with Crippen LogP contribution in [0, 0.1) is 0 Å². The van der Waals surface area contributed by atoms with Gasteiger partial charge in [0.2, 0.25) is 5.91 Å². The summed E-state index contributed by atoms with van der Waals surface area (Å²) in [5.74, 6) is 0.0542. The smallest absolute Gasteiger partial charge is 0.256 e. The lowest BCUT2D eigenvalue weighted by Gasteiger charge is -2.22. The Morgan fingerprint density at radius 2 is 2.25 bits per heavy atom. The molecule has 3 heterocycles. The van der Waals surface area contributed by atoms with E-state index in [1.165, 1.54) is 0 Å². The Hall–Kier alpha value is -2.63. The van der Waals surface area contributed by atoms with E-state index < -0.39 is 0 Å². The number of pyridine rings is 1. The molecule has 2 aromatic rings. The molecule has 0 bridgehead atoms. The molecule has 0 spiro atoms. The maximum Gasteiger partial charge on any atom is 0.256 e. The van der Waals surface area contributed by atoms with Gasteiger partial charge in [0.05, 0.1) is 30.0 Å². The van der Waals surface area contributed by atoms with Crippen LogP contribution in [0.2, 0.25) is 0 Å². The first kappa shape index (κ1) is 14.9. The van der Waals surface area contributed by atoms with Crippen LogP contribution in [0.5, 0.6) is 0 Å². The maximum atomic E-state index is 13.0. The van der Waals surface area contributed by atoms with E-state index in [4.69, 9.17) is 4.42 Å². The highest BCUT2D eigenvalue weighted by Crippen LogP contribution is 2.30. The van der Waals surface area contributed by atoms with Crippen molar-refractivity contribution in [3.05, 3.63) is 48.2 Å². The third kappa shape index (κ3) is 2.91. The number of rotatable bonds is 5. The van der Waals surface area contributed by atoms with Gasteiger partial charge in [0.1, 0.15) is 0 Å². The summed E-state index contributed by atoms with van der Waals surface area (Å²) in [5, 5.41) is 0. The average Bonchev–Trinajstić information content (AvgIpc) is 3.13. The van der Waals surface area contributed by atoms with Crippen molar-refractivity contribution in [2.75, 3.05) is 11.4 Å². The highest BCUT2D eigenvalue weighted by atomic mass is 16.3. The molecular formula is C18H19N3O3. The minimum absolute atomic E-state index is 0.0419. The van der Waals surface area contributed by atoms with E-state index >= 15 is 0 Å². The van der Waals surface area contributed by atoms with Gasteiger partial charge in [0.15, 0.2) is 0 Å². The third-order valence-corrected chi connectivity index (χ3v) is 4.54. The van der Waals surface area contributed by atoms with E-state index in [0.717, 1.165) is 24.8 Å². The number of hydrogen-bond donors (Lipinski definition) is 0. The van der Waals surface area contributed by atoms with Gasteiger partial charge < -0.3 is 14.2 Å². The molecule has 1 saturated heterocycles. The maximum absolute atomic E-state index is 13.0. The SMILES string of the molecule is O=C1CCCN1c1cncc(C(=O)N(Cc2ccoc2)C2CC2)c1. The summed E-state index contributed by atoms with van der Waals surface area (Å²) in [6.45, 7) is 1.23. The molecule has 124 valence electrons. The Balaban J connectivity index is 1.57. The van der Waals surface area contributed by atoms with Crippen LogP contribution in [0.25, 0.3) is 0 Å². The van der Waals surface area contributed by atoms with Gasteiger partial charge in [0, 0.05) is 37.3 Å². The van der Waals surface area contributed by atoms with Crippen LogP contribution in [0.15, 0.2) is 41.5 Å². The minimum atomic E-state index is -0.0419. The molecule has 0 unspecified atom stereocenters. The summed E-state index contributed by atoms with van der Waals surface area (Å²) in [5.41, 5.74) is 2.22. The van der Waals surface area contributed by atoms with E-state index in [1.807, 2.05) is 11.0 Å². The first-order chi connectivity index (χ1) is 11.7. The van der Waals surface area contributed by atoms with Gasteiger partial charge in [-0.25, -0.2) is 0 Å². The van der Waals surface area contributed by atoms with Crippen LogP contribution in [0.4, 0.5) is 5.69 Å². The van der Waals surface area contributed by atoms with Crippen molar-refractivity contribution < 1.29 is 14.0 Å². The van der Waals surface area contributed by atoms with Gasteiger partial charge in [-0.2, -0.15) is 0 Å². The molecule has 1 aliphatic carbocycles. The lowest BCUT2D eigenvalue weighted by molar-refractivity contribution is -0.117. The monoisotopic (exact) mass is 325 g/mol. The van der Waals surface area contributed by atoms with Gasteiger partial charge in [-0.05, 0) is 31.4 Å². The van der Waals surface area contributed by atoms with Crippen LogP contribution in [0.1, 0.15) is 41.6 Å². The van der Waals surface area contributed by atoms with Gasteiger partial charge in [-0.3, -0.25) is 14.6 Å². The Morgan fingerprint density at radius 3 is 2.92 bits per heavy atom. The third-order valence-electron chi connectivity index (χ3n) is 4.54. The lowest BCUT2D eigenvalue weighted by atomic mass is 10.2. The molecule has 2 amide bonds. The zero-order valence-corrected chi connectivity index (χ0v) is 13.4. The van der Waals surface area contributed by atoms with Crippen molar-refractivity contribution in [1.29, 1.82) is 0 Å². The second kappa shape index (κ2) is 6.11. The number of hydrogen-bond acceptors (Lipinski definition) is 4. The zero-order valence-electron chi connectivity index (χ0n) is 13.4. The van der Waals surface area contributed by atoms with E-state index in [9.17, 15) is 9.59 Å². The quantitative estimate of drug-likeness (QED) is 0.847. The van der Waals surface area contributed by atoms with Gasteiger partial charge in [-0.15, -0.1) is 0 Å².